The summed E-state index contributed by atoms with van der Waals surface area (Å²) in [5.74, 6) is 0. The van der Waals surface area contributed by atoms with E-state index in [9.17, 15) is 0 Å². The summed E-state index contributed by atoms with van der Waals surface area (Å²) in [7, 11) is 0. The zero-order valence-electron chi connectivity index (χ0n) is 40.2. The maximum Gasteiger partial charge on any atom is 0.143 e. The maximum absolute atomic E-state index is 7.02. The van der Waals surface area contributed by atoms with Gasteiger partial charge in [-0.25, -0.2) is 0 Å². The van der Waals surface area contributed by atoms with Crippen molar-refractivity contribution >= 4 is 99.2 Å². The number of para-hydroxylation sites is 1. The Balaban J connectivity index is 1.00. The van der Waals surface area contributed by atoms with Crippen LogP contribution in [0, 0.1) is 0 Å². The first-order valence-corrected chi connectivity index (χ1v) is 25.6. The fourth-order valence-electron chi connectivity index (χ4n) is 13.0. The van der Waals surface area contributed by atoms with Gasteiger partial charge in [0.15, 0.2) is 0 Å². The minimum absolute atomic E-state index is 0.725. The Labute approximate surface area is 428 Å². The molecule has 74 heavy (non-hydrogen) atoms. The number of benzene rings is 13. The van der Waals surface area contributed by atoms with Crippen molar-refractivity contribution in [3.05, 3.63) is 289 Å². The summed E-state index contributed by atoms with van der Waals surface area (Å²) >= 11 is 0. The molecule has 3 heteroatoms. The summed E-state index contributed by atoms with van der Waals surface area (Å²) in [6.07, 6.45) is 0. The average Bonchev–Trinajstić information content (AvgIpc) is 4.25. The number of furan rings is 1. The summed E-state index contributed by atoms with van der Waals surface area (Å²) in [6, 6.07) is 98.7. The second kappa shape index (κ2) is 15.6. The first kappa shape index (κ1) is 41.0. The summed E-state index contributed by atoms with van der Waals surface area (Å²) in [5, 5.41) is 11.9. The van der Waals surface area contributed by atoms with Gasteiger partial charge < -0.3 is 14.2 Å². The number of hydrogen-bond acceptors (Lipinski definition) is 3. The van der Waals surface area contributed by atoms with Gasteiger partial charge in [0.1, 0.15) is 11.2 Å². The molecular weight excluding hydrogens is 897 g/mol. The quantitative estimate of drug-likeness (QED) is 0.166. The number of hydrogen-bond donors (Lipinski definition) is 0. The Hall–Kier alpha value is -9.70. The van der Waals surface area contributed by atoms with E-state index in [2.05, 4.69) is 277 Å². The van der Waals surface area contributed by atoms with Crippen LogP contribution in [0.3, 0.4) is 0 Å². The molecule has 14 aromatic rings. The van der Waals surface area contributed by atoms with E-state index < -0.39 is 5.41 Å². The van der Waals surface area contributed by atoms with Crippen molar-refractivity contribution in [2.45, 2.75) is 5.41 Å². The van der Waals surface area contributed by atoms with Gasteiger partial charge in [-0.05, 0) is 138 Å². The minimum Gasteiger partial charge on any atom is -0.455 e. The smallest absolute Gasteiger partial charge is 0.143 e. The van der Waals surface area contributed by atoms with Crippen molar-refractivity contribution in [1.82, 2.24) is 0 Å². The highest BCUT2D eigenvalue weighted by molar-refractivity contribution is 6.14. The van der Waals surface area contributed by atoms with Crippen molar-refractivity contribution < 1.29 is 4.42 Å². The van der Waals surface area contributed by atoms with E-state index in [0.29, 0.717) is 0 Å². The molecule has 2 aliphatic rings. The zero-order valence-corrected chi connectivity index (χ0v) is 40.2. The molecule has 3 nitrogen and oxygen atoms in total. The highest BCUT2D eigenvalue weighted by atomic mass is 16.3. The molecule has 0 atom stereocenters. The van der Waals surface area contributed by atoms with Crippen LogP contribution < -0.4 is 9.80 Å². The molecule has 0 aliphatic heterocycles. The lowest BCUT2D eigenvalue weighted by molar-refractivity contribution is 0.669. The van der Waals surface area contributed by atoms with E-state index >= 15 is 0 Å². The van der Waals surface area contributed by atoms with Crippen LogP contribution in [-0.4, -0.2) is 0 Å². The number of fused-ring (bicyclic) bond motifs is 18. The molecule has 0 saturated carbocycles. The van der Waals surface area contributed by atoms with Gasteiger partial charge in [0.05, 0.1) is 16.8 Å². The molecule has 0 amide bonds. The lowest BCUT2D eigenvalue weighted by Crippen LogP contribution is -2.26. The van der Waals surface area contributed by atoms with E-state index in [1.54, 1.807) is 0 Å². The molecule has 13 aromatic carbocycles. The molecule has 1 aromatic heterocycles. The molecule has 0 N–H and O–H groups in total. The largest absolute Gasteiger partial charge is 0.455 e. The summed E-state index contributed by atoms with van der Waals surface area (Å²) < 4.78 is 7.02. The molecule has 16 rings (SSSR count). The molecule has 344 valence electrons. The highest BCUT2D eigenvalue weighted by Gasteiger charge is 2.53. The van der Waals surface area contributed by atoms with Crippen LogP contribution in [0.5, 0.6) is 0 Å². The molecule has 0 radical (unpaired) electrons. The van der Waals surface area contributed by atoms with Gasteiger partial charge in [-0.15, -0.1) is 0 Å². The Morgan fingerprint density at radius 1 is 0.270 bits per heavy atom. The van der Waals surface area contributed by atoms with E-state index in [-0.39, 0.29) is 0 Å². The first-order chi connectivity index (χ1) is 36.7. The Bertz CT molecular complexity index is 4430. The summed E-state index contributed by atoms with van der Waals surface area (Å²) in [6.45, 7) is 0. The number of anilines is 6. The van der Waals surface area contributed by atoms with E-state index in [1.165, 1.54) is 82.0 Å². The molecule has 0 unspecified atom stereocenters. The third-order valence-electron chi connectivity index (χ3n) is 16.2. The summed E-state index contributed by atoms with van der Waals surface area (Å²) in [4.78, 5) is 4.95. The van der Waals surface area contributed by atoms with Crippen molar-refractivity contribution in [3.8, 4) is 22.3 Å². The molecule has 0 fully saturated rings. The Kier molecular flexibility index (Phi) is 8.66. The lowest BCUT2D eigenvalue weighted by Gasteiger charge is -2.33. The molecule has 0 saturated heterocycles. The van der Waals surface area contributed by atoms with Gasteiger partial charge in [0, 0.05) is 49.9 Å². The SMILES string of the molecule is c1ccc2c(c1)-c1c(ccc3c1oc1ccccc13)C21c2cc(N(c3ccc4ccccc4c3)c3cccc4ccccc34)ccc2-c2ccc(N(c3ccc4ccccc4c3)c3cccc4ccccc34)cc21. The van der Waals surface area contributed by atoms with Crippen LogP contribution >= 0.6 is 0 Å². The molecule has 0 bridgehead atoms. The van der Waals surface area contributed by atoms with Crippen molar-refractivity contribution in [3.63, 3.8) is 0 Å². The summed E-state index contributed by atoms with van der Waals surface area (Å²) in [5.41, 5.74) is 17.5. The molecule has 2 aliphatic carbocycles. The molecule has 1 heterocycles. The third kappa shape index (κ3) is 5.78. The van der Waals surface area contributed by atoms with Gasteiger partial charge in [0.25, 0.3) is 0 Å². The second-order valence-electron chi connectivity index (χ2n) is 19.9. The second-order valence-corrected chi connectivity index (χ2v) is 19.9. The van der Waals surface area contributed by atoms with Crippen LogP contribution in [0.1, 0.15) is 22.3 Å². The molecule has 1 spiro atoms. The monoisotopic (exact) mass is 940 g/mol. The Morgan fingerprint density at radius 2 is 0.730 bits per heavy atom. The lowest BCUT2D eigenvalue weighted by atomic mass is 9.70. The van der Waals surface area contributed by atoms with E-state index in [0.717, 1.165) is 61.6 Å². The van der Waals surface area contributed by atoms with Crippen molar-refractivity contribution in [2.24, 2.45) is 0 Å². The van der Waals surface area contributed by atoms with Gasteiger partial charge in [0.2, 0.25) is 0 Å². The fourth-order valence-corrected chi connectivity index (χ4v) is 13.0. The van der Waals surface area contributed by atoms with Crippen molar-refractivity contribution in [1.29, 1.82) is 0 Å². The van der Waals surface area contributed by atoms with Gasteiger partial charge in [-0.3, -0.25) is 0 Å². The fraction of sp³-hybridized carbons (Fsp3) is 0.0141. The number of rotatable bonds is 6. The van der Waals surface area contributed by atoms with E-state index in [4.69, 9.17) is 4.42 Å². The van der Waals surface area contributed by atoms with E-state index in [1.807, 2.05) is 0 Å². The predicted molar refractivity (Wildman–Crippen MR) is 309 cm³/mol. The topological polar surface area (TPSA) is 19.6 Å². The first-order valence-electron chi connectivity index (χ1n) is 25.6. The molecular formula is C71H44N2O. The standard InChI is InChI=1S/C71H44N2O/c1-3-19-49-41-51(33-31-45(49)15-1)72(66-28-13-21-47-17-5-7-23-55(47)66)53-35-37-57-58-38-36-54(73(52-34-32-46-16-2-4-20-50(46)42-52)67-29-14-22-48-18-6-8-24-56(48)67)44-65(58)71(64(57)43-53)62-27-11-9-26-61(62)69-63(71)40-39-60-59-25-10-12-30-68(59)74-70(60)69/h1-44H. The Morgan fingerprint density at radius 3 is 1.32 bits per heavy atom. The average molecular weight is 941 g/mol. The van der Waals surface area contributed by atoms with Crippen LogP contribution in [-0.2, 0) is 5.41 Å². The van der Waals surface area contributed by atoms with Gasteiger partial charge in [-0.1, -0.05) is 200 Å². The normalized spacial score (nSPS) is 13.0. The van der Waals surface area contributed by atoms with Crippen LogP contribution in [0.25, 0.3) is 87.3 Å². The highest BCUT2D eigenvalue weighted by Crippen LogP contribution is 2.65. The van der Waals surface area contributed by atoms with Crippen LogP contribution in [0.4, 0.5) is 34.1 Å². The minimum atomic E-state index is -0.725. The predicted octanol–water partition coefficient (Wildman–Crippen LogP) is 19.5. The van der Waals surface area contributed by atoms with Gasteiger partial charge >= 0.3 is 0 Å². The maximum atomic E-state index is 7.02. The van der Waals surface area contributed by atoms with Crippen LogP contribution in [0.2, 0.25) is 0 Å². The van der Waals surface area contributed by atoms with Crippen LogP contribution in [0.15, 0.2) is 271 Å². The van der Waals surface area contributed by atoms with Crippen molar-refractivity contribution in [2.75, 3.05) is 9.80 Å². The van der Waals surface area contributed by atoms with Gasteiger partial charge in [-0.2, -0.15) is 0 Å². The number of nitrogens with zero attached hydrogens (tertiary/aromatic N) is 2. The third-order valence-corrected chi connectivity index (χ3v) is 16.2. The zero-order chi connectivity index (χ0) is 48.5.